The molecule has 0 radical (unpaired) electrons. The van der Waals surface area contributed by atoms with E-state index in [0.717, 1.165) is 11.8 Å². The van der Waals surface area contributed by atoms with Gasteiger partial charge in [-0.15, -0.1) is 0 Å². The van der Waals surface area contributed by atoms with Crippen LogP contribution in [0.25, 0.3) is 6.08 Å². The van der Waals surface area contributed by atoms with Crippen molar-refractivity contribution in [1.82, 2.24) is 0 Å². The van der Waals surface area contributed by atoms with Gasteiger partial charge in [0.05, 0.1) is 30.4 Å². The fraction of sp³-hybridized carbons (Fsp3) is 0.105. The number of methoxy groups -OCH3 is 2. The molecule has 27 heavy (non-hydrogen) atoms. The number of thiocarbonyl (C=S) groups is 1. The van der Waals surface area contributed by atoms with Gasteiger partial charge in [-0.05, 0) is 42.5 Å². The quantitative estimate of drug-likeness (QED) is 0.603. The first kappa shape index (κ1) is 18.9. The Kier molecular flexibility index (Phi) is 5.48. The number of nitrogens with zero attached hydrogens (tertiary/aromatic N) is 1. The molecule has 6 nitrogen and oxygen atoms in total. The Balaban J connectivity index is 1.98. The average Bonchev–Trinajstić information content (AvgIpc) is 2.95. The molecule has 0 aliphatic carbocycles. The summed E-state index contributed by atoms with van der Waals surface area (Å²) in [4.78, 5) is 25.8. The molecule has 1 fully saturated rings. The number of hydrogen-bond acceptors (Lipinski definition) is 6. The van der Waals surface area contributed by atoms with E-state index in [4.69, 9.17) is 26.8 Å². The lowest BCUT2D eigenvalue weighted by Gasteiger charge is -2.14. The summed E-state index contributed by atoms with van der Waals surface area (Å²) in [6, 6.07) is 11.4. The summed E-state index contributed by atoms with van der Waals surface area (Å²) in [5, 5.41) is 9.16. The lowest BCUT2D eigenvalue weighted by molar-refractivity contribution is -0.113. The maximum atomic E-state index is 12.9. The summed E-state index contributed by atoms with van der Waals surface area (Å²) >= 11 is 6.48. The smallest absolute Gasteiger partial charge is 0.335 e. The normalized spacial score (nSPS) is 15.3. The van der Waals surface area contributed by atoms with Crippen molar-refractivity contribution < 1.29 is 24.2 Å². The predicted molar refractivity (Wildman–Crippen MR) is 109 cm³/mol. The molecule has 1 saturated heterocycles. The largest absolute Gasteiger partial charge is 0.497 e. The molecule has 0 atom stereocenters. The molecule has 2 aromatic carbocycles. The molecule has 0 spiro atoms. The number of aromatic carboxylic acids is 1. The molecule has 1 amide bonds. The Morgan fingerprint density at radius 2 is 1.96 bits per heavy atom. The zero-order valence-electron chi connectivity index (χ0n) is 14.5. The number of amides is 1. The monoisotopic (exact) mass is 401 g/mol. The van der Waals surface area contributed by atoms with Crippen LogP contribution < -0.4 is 14.4 Å². The van der Waals surface area contributed by atoms with Crippen LogP contribution in [0.15, 0.2) is 47.4 Å². The third kappa shape index (κ3) is 3.81. The number of benzene rings is 2. The van der Waals surface area contributed by atoms with Crippen LogP contribution in [0.4, 0.5) is 5.69 Å². The van der Waals surface area contributed by atoms with Crippen molar-refractivity contribution in [3.05, 3.63) is 58.5 Å². The summed E-state index contributed by atoms with van der Waals surface area (Å²) in [5.41, 5.74) is 1.18. The minimum atomic E-state index is -1.07. The van der Waals surface area contributed by atoms with Crippen LogP contribution in [-0.4, -0.2) is 35.5 Å². The Hall–Kier alpha value is -2.84. The zero-order chi connectivity index (χ0) is 19.6. The minimum absolute atomic E-state index is 0.0833. The van der Waals surface area contributed by atoms with E-state index < -0.39 is 5.97 Å². The van der Waals surface area contributed by atoms with Crippen molar-refractivity contribution in [1.29, 1.82) is 0 Å². The molecule has 0 unspecified atom stereocenters. The van der Waals surface area contributed by atoms with Crippen molar-refractivity contribution in [3.8, 4) is 11.5 Å². The average molecular weight is 401 g/mol. The number of hydrogen-bond donors (Lipinski definition) is 1. The van der Waals surface area contributed by atoms with E-state index in [2.05, 4.69) is 0 Å². The number of rotatable bonds is 5. The van der Waals surface area contributed by atoms with E-state index in [1.54, 1.807) is 50.6 Å². The number of carbonyl (C=O) groups excluding carboxylic acids is 1. The second-order valence-electron chi connectivity index (χ2n) is 5.48. The lowest BCUT2D eigenvalue weighted by Crippen LogP contribution is -2.27. The van der Waals surface area contributed by atoms with Gasteiger partial charge in [0, 0.05) is 5.56 Å². The molecular formula is C19H15NO5S2. The molecule has 3 rings (SSSR count). The summed E-state index contributed by atoms with van der Waals surface area (Å²) in [6.45, 7) is 0. The second-order valence-corrected chi connectivity index (χ2v) is 7.16. The second kappa shape index (κ2) is 7.81. The molecule has 1 aliphatic heterocycles. The number of ether oxygens (including phenoxy) is 2. The SMILES string of the molecule is COc1ccc(OC)c(C=C2SC(=S)N(c3cccc(C(=O)O)c3)C2=O)c1. The van der Waals surface area contributed by atoms with Crippen LogP contribution in [0.5, 0.6) is 11.5 Å². The number of carboxylic acid groups (broad SMARTS) is 1. The highest BCUT2D eigenvalue weighted by Gasteiger charge is 2.33. The van der Waals surface area contributed by atoms with E-state index >= 15 is 0 Å². The van der Waals surface area contributed by atoms with Gasteiger partial charge in [-0.25, -0.2) is 4.79 Å². The van der Waals surface area contributed by atoms with Gasteiger partial charge >= 0.3 is 5.97 Å². The molecule has 1 aliphatic rings. The Morgan fingerprint density at radius 3 is 2.63 bits per heavy atom. The molecule has 0 saturated carbocycles. The highest BCUT2D eigenvalue weighted by atomic mass is 32.2. The topological polar surface area (TPSA) is 76.1 Å². The van der Waals surface area contributed by atoms with Gasteiger partial charge in [-0.2, -0.15) is 0 Å². The van der Waals surface area contributed by atoms with Crippen LogP contribution in [0.3, 0.4) is 0 Å². The molecule has 0 bridgehead atoms. The first-order valence-electron chi connectivity index (χ1n) is 7.78. The number of thioether (sulfide) groups is 1. The molecule has 8 heteroatoms. The van der Waals surface area contributed by atoms with Gasteiger partial charge in [0.15, 0.2) is 4.32 Å². The summed E-state index contributed by atoms with van der Waals surface area (Å²) in [6.07, 6.45) is 1.68. The molecule has 2 aromatic rings. The van der Waals surface area contributed by atoms with E-state index in [-0.39, 0.29) is 11.5 Å². The number of carbonyl (C=O) groups is 2. The Bertz CT molecular complexity index is 970. The van der Waals surface area contributed by atoms with Crippen LogP contribution >= 0.6 is 24.0 Å². The van der Waals surface area contributed by atoms with E-state index in [0.29, 0.717) is 32.0 Å². The number of carboxylic acids is 1. The standard InChI is InChI=1S/C19H15NO5S2/c1-24-14-6-7-15(25-2)12(9-14)10-16-17(21)20(19(26)27-16)13-5-3-4-11(8-13)18(22)23/h3-10H,1-2H3,(H,22,23). The number of anilines is 1. The van der Waals surface area contributed by atoms with Gasteiger partial charge in [-0.3, -0.25) is 9.69 Å². The molecular weight excluding hydrogens is 386 g/mol. The van der Waals surface area contributed by atoms with Crippen LogP contribution in [0, 0.1) is 0 Å². The minimum Gasteiger partial charge on any atom is -0.497 e. The van der Waals surface area contributed by atoms with E-state index in [9.17, 15) is 9.59 Å². The Labute approximate surface area is 165 Å². The van der Waals surface area contributed by atoms with Gasteiger partial charge in [0.25, 0.3) is 5.91 Å². The maximum Gasteiger partial charge on any atom is 0.335 e. The van der Waals surface area contributed by atoms with Gasteiger partial charge in [-0.1, -0.05) is 30.0 Å². The third-order valence-electron chi connectivity index (χ3n) is 3.87. The summed E-state index contributed by atoms with van der Waals surface area (Å²) in [7, 11) is 3.10. The maximum absolute atomic E-state index is 12.9. The first-order chi connectivity index (χ1) is 12.9. The van der Waals surface area contributed by atoms with Crippen LogP contribution in [0.2, 0.25) is 0 Å². The third-order valence-corrected chi connectivity index (χ3v) is 5.17. The molecule has 1 heterocycles. The van der Waals surface area contributed by atoms with Crippen molar-refractivity contribution >= 4 is 51.9 Å². The zero-order valence-corrected chi connectivity index (χ0v) is 16.1. The van der Waals surface area contributed by atoms with Gasteiger partial charge in [0.2, 0.25) is 0 Å². The lowest BCUT2D eigenvalue weighted by atomic mass is 10.1. The summed E-state index contributed by atoms with van der Waals surface area (Å²) < 4.78 is 10.9. The van der Waals surface area contributed by atoms with Crippen LogP contribution in [0.1, 0.15) is 15.9 Å². The first-order valence-corrected chi connectivity index (χ1v) is 9.00. The van der Waals surface area contributed by atoms with Crippen molar-refractivity contribution in [3.63, 3.8) is 0 Å². The van der Waals surface area contributed by atoms with Crippen molar-refractivity contribution in [2.45, 2.75) is 0 Å². The van der Waals surface area contributed by atoms with Crippen molar-refractivity contribution in [2.75, 3.05) is 19.1 Å². The summed E-state index contributed by atoms with van der Waals surface area (Å²) in [5.74, 6) is -0.169. The Morgan fingerprint density at radius 1 is 1.19 bits per heavy atom. The molecule has 1 N–H and O–H groups in total. The molecule has 138 valence electrons. The fourth-order valence-corrected chi connectivity index (χ4v) is 3.85. The van der Waals surface area contributed by atoms with E-state index in [1.807, 2.05) is 0 Å². The highest BCUT2D eigenvalue weighted by Crippen LogP contribution is 2.38. The van der Waals surface area contributed by atoms with Gasteiger partial charge in [0.1, 0.15) is 11.5 Å². The van der Waals surface area contributed by atoms with Crippen LogP contribution in [-0.2, 0) is 4.79 Å². The molecule has 0 aromatic heterocycles. The van der Waals surface area contributed by atoms with E-state index in [1.165, 1.54) is 17.0 Å². The van der Waals surface area contributed by atoms with Crippen molar-refractivity contribution in [2.24, 2.45) is 0 Å². The predicted octanol–water partition coefficient (Wildman–Crippen LogP) is 3.81. The fourth-order valence-electron chi connectivity index (χ4n) is 2.56. The van der Waals surface area contributed by atoms with Gasteiger partial charge < -0.3 is 14.6 Å². The highest BCUT2D eigenvalue weighted by molar-refractivity contribution is 8.27.